The quantitative estimate of drug-likeness (QED) is 0.877. The largest absolute Gasteiger partial charge is 0.496 e. The number of aryl methyl sites for hydroxylation is 1. The lowest BCUT2D eigenvalue weighted by atomic mass is 10.0. The van der Waals surface area contributed by atoms with Gasteiger partial charge in [0.1, 0.15) is 5.75 Å². The second-order valence-electron chi connectivity index (χ2n) is 3.91. The summed E-state index contributed by atoms with van der Waals surface area (Å²) in [5, 5.41) is 8.64. The third-order valence-electron chi connectivity index (χ3n) is 2.50. The first-order chi connectivity index (χ1) is 7.95. The lowest BCUT2D eigenvalue weighted by Gasteiger charge is -2.16. The van der Waals surface area contributed by atoms with E-state index in [9.17, 15) is 4.79 Å². The van der Waals surface area contributed by atoms with Gasteiger partial charge in [-0.25, -0.2) is 0 Å². The number of aliphatic carboxylic acids is 1. The summed E-state index contributed by atoms with van der Waals surface area (Å²) in [4.78, 5) is 10.5. The highest BCUT2D eigenvalue weighted by atomic mass is 79.9. The summed E-state index contributed by atoms with van der Waals surface area (Å²) in [6.07, 6.45) is 0.463. The Morgan fingerprint density at radius 3 is 2.76 bits per heavy atom. The Hall–Kier alpha value is -1.07. The van der Waals surface area contributed by atoms with E-state index in [0.29, 0.717) is 12.2 Å². The highest BCUT2D eigenvalue weighted by Crippen LogP contribution is 2.34. The predicted octanol–water partition coefficient (Wildman–Crippen LogP) is 2.63. The molecule has 3 N–H and O–H groups in total. The van der Waals surface area contributed by atoms with E-state index in [2.05, 4.69) is 15.9 Å². The Morgan fingerprint density at radius 1 is 1.59 bits per heavy atom. The molecule has 0 bridgehead atoms. The predicted molar refractivity (Wildman–Crippen MR) is 69.2 cm³/mol. The third kappa shape index (κ3) is 3.71. The first-order valence-corrected chi connectivity index (χ1v) is 6.06. The summed E-state index contributed by atoms with van der Waals surface area (Å²) in [5.74, 6) is -0.123. The minimum absolute atomic E-state index is 0.0594. The van der Waals surface area contributed by atoms with E-state index in [1.165, 1.54) is 0 Å². The molecule has 0 amide bonds. The van der Waals surface area contributed by atoms with Crippen LogP contribution in [0.1, 0.15) is 30.0 Å². The van der Waals surface area contributed by atoms with Gasteiger partial charge in [0, 0.05) is 12.5 Å². The molecule has 4 nitrogen and oxygen atoms in total. The Labute approximate surface area is 109 Å². The van der Waals surface area contributed by atoms with Crippen molar-refractivity contribution in [1.29, 1.82) is 0 Å². The van der Waals surface area contributed by atoms with Crippen molar-refractivity contribution in [3.05, 3.63) is 27.7 Å². The summed E-state index contributed by atoms with van der Waals surface area (Å²) in [7, 11) is 1.59. The molecule has 0 aliphatic carbocycles. The van der Waals surface area contributed by atoms with Gasteiger partial charge in [0.15, 0.2) is 0 Å². The van der Waals surface area contributed by atoms with Crippen LogP contribution < -0.4 is 10.5 Å². The number of hydrogen-bond donors (Lipinski definition) is 2. The first kappa shape index (κ1) is 14.0. The Morgan fingerprint density at radius 2 is 2.24 bits per heavy atom. The zero-order valence-corrected chi connectivity index (χ0v) is 11.5. The molecule has 1 atom stereocenters. The molecule has 94 valence electrons. The Kier molecular flexibility index (Phi) is 4.96. The number of carboxylic acids is 1. The fourth-order valence-corrected chi connectivity index (χ4v) is 2.30. The summed E-state index contributed by atoms with van der Waals surface area (Å²) < 4.78 is 6.02. The maximum atomic E-state index is 10.5. The number of hydrogen-bond acceptors (Lipinski definition) is 3. The molecule has 1 aromatic carbocycles. The number of carbonyl (C=O) groups is 1. The van der Waals surface area contributed by atoms with Gasteiger partial charge in [-0.05, 0) is 46.5 Å². The second-order valence-corrected chi connectivity index (χ2v) is 4.70. The summed E-state index contributed by atoms with van der Waals surface area (Å²) in [6, 6.07) is 3.53. The van der Waals surface area contributed by atoms with Crippen LogP contribution in [-0.2, 0) is 4.79 Å². The smallest absolute Gasteiger partial charge is 0.303 e. The van der Waals surface area contributed by atoms with Crippen LogP contribution in [0.3, 0.4) is 0 Å². The van der Waals surface area contributed by atoms with Crippen molar-refractivity contribution in [2.24, 2.45) is 5.73 Å². The van der Waals surface area contributed by atoms with Gasteiger partial charge in [0.2, 0.25) is 0 Å². The molecule has 0 aliphatic heterocycles. The maximum Gasteiger partial charge on any atom is 0.303 e. The molecular formula is C12H16BrNO3. The van der Waals surface area contributed by atoms with Crippen molar-refractivity contribution in [2.45, 2.75) is 25.8 Å². The van der Waals surface area contributed by atoms with Gasteiger partial charge in [-0.3, -0.25) is 4.79 Å². The van der Waals surface area contributed by atoms with Gasteiger partial charge < -0.3 is 15.6 Å². The standard InChI is InChI=1S/C12H16BrNO3/c1-7-5-8(9(14)3-4-11(15)16)12(13)10(6-7)17-2/h5-6,9H,3-4,14H2,1-2H3,(H,15,16). The van der Waals surface area contributed by atoms with E-state index in [1.807, 2.05) is 19.1 Å². The average Bonchev–Trinajstić information content (AvgIpc) is 2.28. The summed E-state index contributed by atoms with van der Waals surface area (Å²) in [5.41, 5.74) is 7.90. The highest BCUT2D eigenvalue weighted by Gasteiger charge is 2.15. The molecule has 1 unspecified atom stereocenters. The van der Waals surface area contributed by atoms with Crippen molar-refractivity contribution in [3.63, 3.8) is 0 Å². The van der Waals surface area contributed by atoms with E-state index < -0.39 is 5.97 Å². The fourth-order valence-electron chi connectivity index (χ4n) is 1.62. The van der Waals surface area contributed by atoms with Crippen LogP contribution in [0.5, 0.6) is 5.75 Å². The Balaban J connectivity index is 2.96. The number of halogens is 1. The molecule has 0 saturated carbocycles. The second kappa shape index (κ2) is 6.02. The van der Waals surface area contributed by atoms with Crippen molar-refractivity contribution in [1.82, 2.24) is 0 Å². The van der Waals surface area contributed by atoms with E-state index in [1.54, 1.807) is 7.11 Å². The molecule has 1 aromatic rings. The van der Waals surface area contributed by atoms with Crippen LogP contribution in [0, 0.1) is 6.92 Å². The molecule has 0 aliphatic rings. The van der Waals surface area contributed by atoms with Gasteiger partial charge in [-0.1, -0.05) is 6.07 Å². The minimum atomic E-state index is -0.837. The van der Waals surface area contributed by atoms with Crippen LogP contribution in [0.4, 0.5) is 0 Å². The fraction of sp³-hybridized carbons (Fsp3) is 0.417. The lowest BCUT2D eigenvalue weighted by molar-refractivity contribution is -0.137. The molecular weight excluding hydrogens is 286 g/mol. The minimum Gasteiger partial charge on any atom is -0.496 e. The molecule has 17 heavy (non-hydrogen) atoms. The van der Waals surface area contributed by atoms with E-state index in [0.717, 1.165) is 15.6 Å². The van der Waals surface area contributed by atoms with Gasteiger partial charge in [0.05, 0.1) is 11.6 Å². The maximum absolute atomic E-state index is 10.5. The molecule has 0 saturated heterocycles. The van der Waals surface area contributed by atoms with Gasteiger partial charge in [0.25, 0.3) is 0 Å². The molecule has 0 aromatic heterocycles. The van der Waals surface area contributed by atoms with Crippen molar-refractivity contribution in [3.8, 4) is 5.75 Å². The number of ether oxygens (including phenoxy) is 1. The molecule has 0 fully saturated rings. The molecule has 0 spiro atoms. The number of nitrogens with two attached hydrogens (primary N) is 1. The summed E-state index contributed by atoms with van der Waals surface area (Å²) in [6.45, 7) is 1.95. The zero-order chi connectivity index (χ0) is 13.0. The first-order valence-electron chi connectivity index (χ1n) is 5.27. The average molecular weight is 302 g/mol. The van der Waals surface area contributed by atoms with Crippen molar-refractivity contribution in [2.75, 3.05) is 7.11 Å². The molecule has 0 radical (unpaired) electrons. The normalized spacial score (nSPS) is 12.2. The van der Waals surface area contributed by atoms with Crippen LogP contribution in [-0.4, -0.2) is 18.2 Å². The van der Waals surface area contributed by atoms with Crippen LogP contribution >= 0.6 is 15.9 Å². The summed E-state index contributed by atoms with van der Waals surface area (Å²) >= 11 is 3.43. The number of carboxylic acid groups (broad SMARTS) is 1. The number of rotatable bonds is 5. The number of benzene rings is 1. The highest BCUT2D eigenvalue weighted by molar-refractivity contribution is 9.10. The van der Waals surface area contributed by atoms with Crippen LogP contribution in [0.2, 0.25) is 0 Å². The third-order valence-corrected chi connectivity index (χ3v) is 3.35. The zero-order valence-electron chi connectivity index (χ0n) is 9.87. The molecule has 0 heterocycles. The van der Waals surface area contributed by atoms with Crippen molar-refractivity contribution < 1.29 is 14.6 Å². The SMILES string of the molecule is COc1cc(C)cc(C(N)CCC(=O)O)c1Br. The van der Waals surface area contributed by atoms with E-state index >= 15 is 0 Å². The molecule has 5 heteroatoms. The lowest BCUT2D eigenvalue weighted by Crippen LogP contribution is -2.13. The monoisotopic (exact) mass is 301 g/mol. The topological polar surface area (TPSA) is 72.5 Å². The van der Waals surface area contributed by atoms with Crippen molar-refractivity contribution >= 4 is 21.9 Å². The van der Waals surface area contributed by atoms with Crippen LogP contribution in [0.15, 0.2) is 16.6 Å². The molecule has 1 rings (SSSR count). The van der Waals surface area contributed by atoms with E-state index in [-0.39, 0.29) is 12.5 Å². The van der Waals surface area contributed by atoms with Gasteiger partial charge >= 0.3 is 5.97 Å². The van der Waals surface area contributed by atoms with Crippen LogP contribution in [0.25, 0.3) is 0 Å². The van der Waals surface area contributed by atoms with Gasteiger partial charge in [-0.15, -0.1) is 0 Å². The van der Waals surface area contributed by atoms with Gasteiger partial charge in [-0.2, -0.15) is 0 Å². The Bertz CT molecular complexity index is 420. The van der Waals surface area contributed by atoms with E-state index in [4.69, 9.17) is 15.6 Å². The number of methoxy groups -OCH3 is 1.